The number of rotatable bonds is 3. The predicted octanol–water partition coefficient (Wildman–Crippen LogP) is 0.602. The standard InChI is InChI=1S/C10H21NO2/c1-10(2,7-12)11(3)8-5-4-6-9(8)13/h8-9,12-13H,4-7H2,1-3H3. The van der Waals surface area contributed by atoms with Gasteiger partial charge in [-0.1, -0.05) is 0 Å². The van der Waals surface area contributed by atoms with Crippen molar-refractivity contribution in [1.82, 2.24) is 4.90 Å². The van der Waals surface area contributed by atoms with Gasteiger partial charge in [0.1, 0.15) is 0 Å². The van der Waals surface area contributed by atoms with E-state index < -0.39 is 0 Å². The van der Waals surface area contributed by atoms with Crippen molar-refractivity contribution < 1.29 is 10.2 Å². The average Bonchev–Trinajstić information content (AvgIpc) is 2.50. The molecule has 1 fully saturated rings. The zero-order valence-corrected chi connectivity index (χ0v) is 8.82. The second kappa shape index (κ2) is 3.95. The first-order chi connectivity index (χ1) is 5.99. The van der Waals surface area contributed by atoms with E-state index in [4.69, 9.17) is 0 Å². The van der Waals surface area contributed by atoms with E-state index >= 15 is 0 Å². The van der Waals surface area contributed by atoms with Crippen molar-refractivity contribution in [2.75, 3.05) is 13.7 Å². The molecule has 0 aromatic heterocycles. The van der Waals surface area contributed by atoms with E-state index in [0.717, 1.165) is 19.3 Å². The Morgan fingerprint density at radius 2 is 2.00 bits per heavy atom. The molecule has 0 heterocycles. The molecule has 1 aliphatic carbocycles. The first-order valence-electron chi connectivity index (χ1n) is 5.01. The van der Waals surface area contributed by atoms with Crippen LogP contribution in [0, 0.1) is 0 Å². The fourth-order valence-electron chi connectivity index (χ4n) is 1.93. The van der Waals surface area contributed by atoms with Crippen molar-refractivity contribution in [3.63, 3.8) is 0 Å². The van der Waals surface area contributed by atoms with Gasteiger partial charge < -0.3 is 10.2 Å². The maximum Gasteiger partial charge on any atom is 0.0695 e. The fourth-order valence-corrected chi connectivity index (χ4v) is 1.93. The minimum Gasteiger partial charge on any atom is -0.394 e. The van der Waals surface area contributed by atoms with Crippen LogP contribution >= 0.6 is 0 Å². The monoisotopic (exact) mass is 187 g/mol. The summed E-state index contributed by atoms with van der Waals surface area (Å²) in [5, 5.41) is 18.9. The van der Waals surface area contributed by atoms with E-state index in [2.05, 4.69) is 4.90 Å². The molecule has 1 saturated carbocycles. The van der Waals surface area contributed by atoms with Crippen molar-refractivity contribution in [3.8, 4) is 0 Å². The summed E-state index contributed by atoms with van der Waals surface area (Å²) < 4.78 is 0. The van der Waals surface area contributed by atoms with Gasteiger partial charge in [0, 0.05) is 11.6 Å². The summed E-state index contributed by atoms with van der Waals surface area (Å²) >= 11 is 0. The SMILES string of the molecule is CN(C1CCCC1O)C(C)(C)CO. The molecule has 1 aliphatic rings. The maximum atomic E-state index is 9.69. The summed E-state index contributed by atoms with van der Waals surface area (Å²) in [6.07, 6.45) is 2.82. The number of nitrogens with zero attached hydrogens (tertiary/aromatic N) is 1. The van der Waals surface area contributed by atoms with Crippen LogP contribution in [0.15, 0.2) is 0 Å². The molecule has 2 N–H and O–H groups in total. The van der Waals surface area contributed by atoms with Gasteiger partial charge in [0.05, 0.1) is 12.7 Å². The molecule has 0 aromatic carbocycles. The van der Waals surface area contributed by atoms with Crippen LogP contribution < -0.4 is 0 Å². The molecular weight excluding hydrogens is 166 g/mol. The molecule has 78 valence electrons. The number of hydrogen-bond acceptors (Lipinski definition) is 3. The smallest absolute Gasteiger partial charge is 0.0695 e. The van der Waals surface area contributed by atoms with E-state index in [1.54, 1.807) is 0 Å². The van der Waals surface area contributed by atoms with Gasteiger partial charge >= 0.3 is 0 Å². The number of likely N-dealkylation sites (N-methyl/N-ethyl adjacent to an activating group) is 1. The molecule has 0 saturated heterocycles. The Hall–Kier alpha value is -0.120. The molecule has 3 nitrogen and oxygen atoms in total. The van der Waals surface area contributed by atoms with E-state index in [9.17, 15) is 10.2 Å². The number of aliphatic hydroxyl groups excluding tert-OH is 2. The number of hydrogen-bond donors (Lipinski definition) is 2. The van der Waals surface area contributed by atoms with Crippen LogP contribution in [0.4, 0.5) is 0 Å². The van der Waals surface area contributed by atoms with Gasteiger partial charge in [-0.25, -0.2) is 0 Å². The van der Waals surface area contributed by atoms with Gasteiger partial charge in [-0.3, -0.25) is 4.90 Å². The molecule has 2 atom stereocenters. The third-order valence-corrected chi connectivity index (χ3v) is 3.28. The summed E-state index contributed by atoms with van der Waals surface area (Å²) in [6, 6.07) is 0.224. The highest BCUT2D eigenvalue weighted by molar-refractivity contribution is 4.90. The van der Waals surface area contributed by atoms with Crippen LogP contribution in [-0.4, -0.2) is 46.5 Å². The van der Waals surface area contributed by atoms with Gasteiger partial charge in [-0.2, -0.15) is 0 Å². The first kappa shape index (κ1) is 11.0. The Morgan fingerprint density at radius 1 is 1.38 bits per heavy atom. The molecule has 0 aromatic rings. The zero-order valence-electron chi connectivity index (χ0n) is 8.82. The van der Waals surface area contributed by atoms with E-state index in [0.29, 0.717) is 0 Å². The molecule has 3 heteroatoms. The van der Waals surface area contributed by atoms with Crippen LogP contribution in [0.5, 0.6) is 0 Å². The van der Waals surface area contributed by atoms with Crippen molar-refractivity contribution in [2.45, 2.75) is 50.8 Å². The Bertz CT molecular complexity index is 170. The molecular formula is C10H21NO2. The van der Waals surface area contributed by atoms with Gasteiger partial charge in [0.25, 0.3) is 0 Å². The fraction of sp³-hybridized carbons (Fsp3) is 1.00. The third-order valence-electron chi connectivity index (χ3n) is 3.28. The molecule has 13 heavy (non-hydrogen) atoms. The lowest BCUT2D eigenvalue weighted by Crippen LogP contribution is -2.52. The topological polar surface area (TPSA) is 43.7 Å². The van der Waals surface area contributed by atoms with Crippen LogP contribution in [0.25, 0.3) is 0 Å². The molecule has 2 unspecified atom stereocenters. The highest BCUT2D eigenvalue weighted by Crippen LogP contribution is 2.27. The molecule has 0 amide bonds. The van der Waals surface area contributed by atoms with Gasteiger partial charge in [0.2, 0.25) is 0 Å². The minimum atomic E-state index is -0.226. The van der Waals surface area contributed by atoms with Crippen molar-refractivity contribution in [2.24, 2.45) is 0 Å². The summed E-state index contributed by atoms with van der Waals surface area (Å²) in [7, 11) is 1.98. The van der Waals surface area contributed by atoms with Crippen LogP contribution in [-0.2, 0) is 0 Å². The molecule has 1 rings (SSSR count). The quantitative estimate of drug-likeness (QED) is 0.680. The lowest BCUT2D eigenvalue weighted by Gasteiger charge is -2.39. The lowest BCUT2D eigenvalue weighted by molar-refractivity contribution is 0.000937. The Labute approximate surface area is 80.4 Å². The maximum absolute atomic E-state index is 9.69. The normalized spacial score (nSPS) is 30.0. The van der Waals surface area contributed by atoms with E-state index in [-0.39, 0.29) is 24.3 Å². The Kier molecular flexibility index (Phi) is 3.33. The van der Waals surface area contributed by atoms with Gasteiger partial charge in [0.15, 0.2) is 0 Å². The van der Waals surface area contributed by atoms with E-state index in [1.807, 2.05) is 20.9 Å². The molecule has 0 spiro atoms. The lowest BCUT2D eigenvalue weighted by atomic mass is 10.0. The summed E-state index contributed by atoms with van der Waals surface area (Å²) in [5.74, 6) is 0. The highest BCUT2D eigenvalue weighted by Gasteiger charge is 2.35. The van der Waals surface area contributed by atoms with Crippen LogP contribution in [0.3, 0.4) is 0 Å². The van der Waals surface area contributed by atoms with Gasteiger partial charge in [-0.05, 0) is 40.2 Å². The average molecular weight is 187 g/mol. The second-order valence-corrected chi connectivity index (χ2v) is 4.65. The zero-order chi connectivity index (χ0) is 10.1. The molecule has 0 aliphatic heterocycles. The van der Waals surface area contributed by atoms with Gasteiger partial charge in [-0.15, -0.1) is 0 Å². The Morgan fingerprint density at radius 3 is 2.38 bits per heavy atom. The van der Waals surface area contributed by atoms with E-state index in [1.165, 1.54) is 0 Å². The minimum absolute atomic E-state index is 0.132. The van der Waals surface area contributed by atoms with Crippen molar-refractivity contribution in [1.29, 1.82) is 0 Å². The van der Waals surface area contributed by atoms with Crippen molar-refractivity contribution in [3.05, 3.63) is 0 Å². The van der Waals surface area contributed by atoms with Crippen molar-refractivity contribution >= 4 is 0 Å². The predicted molar refractivity (Wildman–Crippen MR) is 52.6 cm³/mol. The first-order valence-corrected chi connectivity index (χ1v) is 5.01. The molecule has 0 radical (unpaired) electrons. The highest BCUT2D eigenvalue weighted by atomic mass is 16.3. The Balaban J connectivity index is 2.60. The van der Waals surface area contributed by atoms with Crippen LogP contribution in [0.2, 0.25) is 0 Å². The molecule has 0 bridgehead atoms. The largest absolute Gasteiger partial charge is 0.394 e. The number of aliphatic hydroxyl groups is 2. The third kappa shape index (κ3) is 2.22. The second-order valence-electron chi connectivity index (χ2n) is 4.65. The summed E-state index contributed by atoms with van der Waals surface area (Å²) in [4.78, 5) is 2.10. The summed E-state index contributed by atoms with van der Waals surface area (Å²) in [5.41, 5.74) is -0.226. The summed E-state index contributed by atoms with van der Waals surface area (Å²) in [6.45, 7) is 4.13. The van der Waals surface area contributed by atoms with Crippen LogP contribution in [0.1, 0.15) is 33.1 Å².